The second-order valence-corrected chi connectivity index (χ2v) is 13.2. The zero-order valence-electron chi connectivity index (χ0n) is 24.9. The Balaban J connectivity index is 2.19. The van der Waals surface area contributed by atoms with Gasteiger partial charge in [-0.05, 0) is 109 Å². The third kappa shape index (κ3) is 7.76. The van der Waals surface area contributed by atoms with Crippen molar-refractivity contribution >= 4 is 5.97 Å². The van der Waals surface area contributed by atoms with Crippen molar-refractivity contribution in [3.8, 4) is 11.5 Å². The van der Waals surface area contributed by atoms with Crippen molar-refractivity contribution in [1.82, 2.24) is 0 Å². The van der Waals surface area contributed by atoms with Crippen LogP contribution < -0.4 is 9.47 Å². The molecule has 0 bridgehead atoms. The molecule has 36 heavy (non-hydrogen) atoms. The summed E-state index contributed by atoms with van der Waals surface area (Å²) in [5.41, 5.74) is 2.73. The van der Waals surface area contributed by atoms with E-state index >= 15 is 0 Å². The second-order valence-electron chi connectivity index (χ2n) is 13.2. The van der Waals surface area contributed by atoms with E-state index in [9.17, 15) is 9.90 Å². The monoisotopic (exact) mass is 500 g/mol. The van der Waals surface area contributed by atoms with Crippen LogP contribution in [0.5, 0.6) is 11.5 Å². The average Bonchev–Trinajstić information content (AvgIpc) is 2.74. The fourth-order valence-electron chi connectivity index (χ4n) is 5.52. The molecule has 2 rings (SSSR count). The molecule has 0 spiro atoms. The molecule has 0 saturated heterocycles. The summed E-state index contributed by atoms with van der Waals surface area (Å²) < 4.78 is 13.2. The largest absolute Gasteiger partial charge is 0.487 e. The first-order valence-corrected chi connectivity index (χ1v) is 13.9. The Bertz CT molecular complexity index is 954. The van der Waals surface area contributed by atoms with E-state index in [1.165, 1.54) is 24.8 Å². The Labute approximate surface area is 220 Å². The predicted octanol–water partition coefficient (Wildman–Crippen LogP) is 8.76. The highest BCUT2D eigenvalue weighted by atomic mass is 16.5. The van der Waals surface area contributed by atoms with E-state index in [0.29, 0.717) is 12.3 Å². The highest BCUT2D eigenvalue weighted by molar-refractivity contribution is 5.73. The lowest BCUT2D eigenvalue weighted by molar-refractivity contribution is -0.149. The minimum atomic E-state index is -0.863. The number of fused-ring (bicyclic) bond motifs is 1. The maximum absolute atomic E-state index is 11.7. The number of carboxylic acids is 1. The maximum Gasteiger partial charge on any atom is 0.309 e. The first kappa shape index (κ1) is 30.3. The van der Waals surface area contributed by atoms with Crippen molar-refractivity contribution < 1.29 is 19.4 Å². The number of hydrogen-bond acceptors (Lipinski definition) is 3. The van der Waals surface area contributed by atoms with Gasteiger partial charge in [0.1, 0.15) is 22.7 Å². The zero-order chi connectivity index (χ0) is 27.5. The molecule has 4 nitrogen and oxygen atoms in total. The van der Waals surface area contributed by atoms with Crippen molar-refractivity contribution in [3.05, 3.63) is 34.4 Å². The fraction of sp³-hybridized carbons (Fsp3) is 0.719. The van der Waals surface area contributed by atoms with Gasteiger partial charge in [0.15, 0.2) is 0 Å². The molecule has 1 N–H and O–H groups in total. The van der Waals surface area contributed by atoms with Crippen molar-refractivity contribution in [2.45, 2.75) is 132 Å². The Morgan fingerprint density at radius 1 is 1.08 bits per heavy atom. The molecule has 2 unspecified atom stereocenters. The molecule has 0 fully saturated rings. The average molecular weight is 501 g/mol. The topological polar surface area (TPSA) is 55.8 Å². The lowest BCUT2D eigenvalue weighted by Gasteiger charge is -2.38. The highest BCUT2D eigenvalue weighted by Gasteiger charge is 2.38. The number of benzene rings is 1. The van der Waals surface area contributed by atoms with Gasteiger partial charge in [0.05, 0.1) is 5.41 Å². The molecular weight excluding hydrogens is 448 g/mol. The van der Waals surface area contributed by atoms with Gasteiger partial charge in [0.2, 0.25) is 0 Å². The number of allylic oxidation sites excluding steroid dienone is 1. The van der Waals surface area contributed by atoms with Gasteiger partial charge >= 0.3 is 5.97 Å². The Kier molecular flexibility index (Phi) is 9.76. The summed E-state index contributed by atoms with van der Waals surface area (Å²) in [5, 5.41) is 9.60. The third-order valence-corrected chi connectivity index (χ3v) is 7.83. The second kappa shape index (κ2) is 11.6. The van der Waals surface area contributed by atoms with Crippen LogP contribution in [-0.4, -0.2) is 22.3 Å². The molecule has 1 aromatic carbocycles. The molecule has 204 valence electrons. The summed E-state index contributed by atoms with van der Waals surface area (Å²) in [6, 6.07) is 0. The first-order chi connectivity index (χ1) is 16.5. The van der Waals surface area contributed by atoms with Gasteiger partial charge in [0.25, 0.3) is 0 Å². The van der Waals surface area contributed by atoms with E-state index in [4.69, 9.17) is 9.47 Å². The minimum Gasteiger partial charge on any atom is -0.487 e. The number of ether oxygens (including phenoxy) is 2. The van der Waals surface area contributed by atoms with Gasteiger partial charge in [-0.25, -0.2) is 0 Å². The van der Waals surface area contributed by atoms with Crippen LogP contribution in [0.25, 0.3) is 0 Å². The minimum absolute atomic E-state index is 0.304. The number of hydrogen-bond donors (Lipinski definition) is 1. The number of carboxylic acid groups (broad SMARTS) is 1. The summed E-state index contributed by atoms with van der Waals surface area (Å²) in [5.74, 6) is 2.53. The predicted molar refractivity (Wildman–Crippen MR) is 150 cm³/mol. The van der Waals surface area contributed by atoms with E-state index < -0.39 is 17.0 Å². The van der Waals surface area contributed by atoms with Gasteiger partial charge in [-0.1, -0.05) is 46.1 Å². The van der Waals surface area contributed by atoms with E-state index in [0.717, 1.165) is 53.4 Å². The van der Waals surface area contributed by atoms with Crippen LogP contribution in [-0.2, 0) is 11.2 Å². The van der Waals surface area contributed by atoms with Gasteiger partial charge < -0.3 is 14.6 Å². The standard InChI is InChI=1S/C32H52O4/c1-21(2)14-12-15-22(3)16-13-18-32(11)19-17-26-25(6)27(23(4)24(5)28(26)36-32)35-31(9,10)20-30(7,8)29(33)34/h13,18,21-22H,12,14-17,19-20H2,1-11H3,(H,33,34). The molecule has 2 atom stereocenters. The molecule has 1 heterocycles. The summed E-state index contributed by atoms with van der Waals surface area (Å²) in [6.45, 7) is 22.9. The molecule has 0 radical (unpaired) electrons. The summed E-state index contributed by atoms with van der Waals surface area (Å²) in [4.78, 5) is 11.7. The molecule has 0 saturated carbocycles. The molecular formula is C32H52O4. The van der Waals surface area contributed by atoms with E-state index in [2.05, 4.69) is 60.6 Å². The van der Waals surface area contributed by atoms with Crippen molar-refractivity contribution in [3.63, 3.8) is 0 Å². The zero-order valence-corrected chi connectivity index (χ0v) is 24.9. The van der Waals surface area contributed by atoms with Crippen LogP contribution in [0.15, 0.2) is 12.2 Å². The van der Waals surface area contributed by atoms with Crippen LogP contribution in [0, 0.1) is 38.0 Å². The molecule has 4 heteroatoms. The highest BCUT2D eigenvalue weighted by Crippen LogP contribution is 2.45. The Morgan fingerprint density at radius 3 is 2.31 bits per heavy atom. The fourth-order valence-corrected chi connectivity index (χ4v) is 5.52. The van der Waals surface area contributed by atoms with Crippen LogP contribution >= 0.6 is 0 Å². The number of aliphatic carboxylic acids is 1. The third-order valence-electron chi connectivity index (χ3n) is 7.83. The molecule has 1 aromatic rings. The quantitative estimate of drug-likeness (QED) is 0.291. The SMILES string of the molecule is Cc1c(C)c2c(c(C)c1OC(C)(C)CC(C)(C)C(=O)O)CCC(C)(C=CCC(C)CCCC(C)C)O2. The Morgan fingerprint density at radius 2 is 1.72 bits per heavy atom. The molecule has 0 amide bonds. The van der Waals surface area contributed by atoms with Gasteiger partial charge in [-0.3, -0.25) is 4.79 Å². The first-order valence-electron chi connectivity index (χ1n) is 13.9. The van der Waals surface area contributed by atoms with Crippen molar-refractivity contribution in [2.75, 3.05) is 0 Å². The smallest absolute Gasteiger partial charge is 0.309 e. The van der Waals surface area contributed by atoms with Crippen molar-refractivity contribution in [2.24, 2.45) is 17.3 Å². The Hall–Kier alpha value is -1.97. The van der Waals surface area contributed by atoms with Crippen LogP contribution in [0.1, 0.15) is 116 Å². The van der Waals surface area contributed by atoms with Crippen LogP contribution in [0.2, 0.25) is 0 Å². The summed E-state index contributed by atoms with van der Waals surface area (Å²) in [6.07, 6.45) is 11.9. The normalized spacial score (nSPS) is 19.3. The number of rotatable bonds is 12. The van der Waals surface area contributed by atoms with E-state index in [1.54, 1.807) is 13.8 Å². The summed E-state index contributed by atoms with van der Waals surface area (Å²) in [7, 11) is 0. The summed E-state index contributed by atoms with van der Waals surface area (Å²) >= 11 is 0. The lowest BCUT2D eigenvalue weighted by atomic mass is 9.81. The van der Waals surface area contributed by atoms with Crippen molar-refractivity contribution in [1.29, 1.82) is 0 Å². The number of carbonyl (C=O) groups is 1. The van der Waals surface area contributed by atoms with Crippen LogP contribution in [0.4, 0.5) is 0 Å². The van der Waals surface area contributed by atoms with E-state index in [-0.39, 0.29) is 5.60 Å². The molecule has 1 aliphatic heterocycles. The van der Waals surface area contributed by atoms with Gasteiger partial charge in [-0.2, -0.15) is 0 Å². The lowest BCUT2D eigenvalue weighted by Crippen LogP contribution is -2.39. The molecule has 0 aliphatic carbocycles. The van der Waals surface area contributed by atoms with Gasteiger partial charge in [-0.15, -0.1) is 0 Å². The van der Waals surface area contributed by atoms with E-state index in [1.807, 2.05) is 13.8 Å². The van der Waals surface area contributed by atoms with Gasteiger partial charge in [0, 0.05) is 12.0 Å². The molecule has 0 aromatic heterocycles. The van der Waals surface area contributed by atoms with Crippen LogP contribution in [0.3, 0.4) is 0 Å². The maximum atomic E-state index is 11.7. The molecule has 1 aliphatic rings.